The largest absolute Gasteiger partial charge is 0.463 e. The van der Waals surface area contributed by atoms with Crippen LogP contribution in [0.2, 0.25) is 0 Å². The van der Waals surface area contributed by atoms with Crippen LogP contribution in [0.25, 0.3) is 0 Å². The van der Waals surface area contributed by atoms with Crippen molar-refractivity contribution in [2.24, 2.45) is 0 Å². The quantitative estimate of drug-likeness (QED) is 0.551. The van der Waals surface area contributed by atoms with Gasteiger partial charge in [0.2, 0.25) is 0 Å². The minimum Gasteiger partial charge on any atom is -0.463 e. The maximum absolute atomic E-state index is 13.6. The normalized spacial score (nSPS) is 26.2. The first-order valence-corrected chi connectivity index (χ1v) is 7.76. The van der Waals surface area contributed by atoms with Gasteiger partial charge in [0.15, 0.2) is 17.9 Å². The lowest BCUT2D eigenvalue weighted by Crippen LogP contribution is -2.36. The maximum atomic E-state index is 13.6. The lowest BCUT2D eigenvalue weighted by molar-refractivity contribution is -0.155. The number of carbonyl (C=O) groups is 2. The maximum Gasteiger partial charge on any atom is 0.351 e. The summed E-state index contributed by atoms with van der Waals surface area (Å²) in [5.41, 5.74) is 4.41. The zero-order valence-electron chi connectivity index (χ0n) is 12.8. The number of nitrogen functional groups attached to an aromatic ring is 1. The highest BCUT2D eigenvalue weighted by Gasteiger charge is 2.47. The molecular weight excluding hydrogens is 393 g/mol. The lowest BCUT2D eigenvalue weighted by atomic mass is 10.2. The SMILES string of the molecule is CC(=O)OCC1OC(n2cc(F)c(N)nc2=O)C(Br)[C@@H]1OC(C)=O. The van der Waals surface area contributed by atoms with Crippen LogP contribution in [0.1, 0.15) is 20.1 Å². The molecule has 2 heterocycles. The van der Waals surface area contributed by atoms with Crippen molar-refractivity contribution in [2.45, 2.75) is 37.1 Å². The fourth-order valence-electron chi connectivity index (χ4n) is 2.22. The van der Waals surface area contributed by atoms with Crippen LogP contribution in [-0.4, -0.2) is 45.1 Å². The van der Waals surface area contributed by atoms with Gasteiger partial charge in [0.1, 0.15) is 18.8 Å². The molecule has 0 spiro atoms. The van der Waals surface area contributed by atoms with Crippen molar-refractivity contribution in [3.8, 4) is 0 Å². The number of hydrogen-bond donors (Lipinski definition) is 1. The van der Waals surface area contributed by atoms with Crippen LogP contribution in [0.3, 0.4) is 0 Å². The van der Waals surface area contributed by atoms with Crippen molar-refractivity contribution in [1.29, 1.82) is 0 Å². The Bertz CT molecular complexity index is 711. The van der Waals surface area contributed by atoms with Crippen molar-refractivity contribution < 1.29 is 28.2 Å². The Balaban J connectivity index is 2.31. The van der Waals surface area contributed by atoms with Crippen molar-refractivity contribution in [3.05, 3.63) is 22.5 Å². The zero-order chi connectivity index (χ0) is 18.0. The van der Waals surface area contributed by atoms with E-state index in [0.717, 1.165) is 10.8 Å². The number of anilines is 1. The minimum absolute atomic E-state index is 0.203. The van der Waals surface area contributed by atoms with E-state index < -0.39 is 52.5 Å². The second kappa shape index (κ2) is 7.26. The highest BCUT2D eigenvalue weighted by molar-refractivity contribution is 9.09. The Morgan fingerprint density at radius 1 is 1.46 bits per heavy atom. The van der Waals surface area contributed by atoms with E-state index in [-0.39, 0.29) is 6.61 Å². The predicted molar refractivity (Wildman–Crippen MR) is 81.7 cm³/mol. The average molecular weight is 408 g/mol. The van der Waals surface area contributed by atoms with Gasteiger partial charge in [-0.25, -0.2) is 9.18 Å². The minimum atomic E-state index is -1.04. The summed E-state index contributed by atoms with van der Waals surface area (Å²) in [6.07, 6.45) is -1.90. The van der Waals surface area contributed by atoms with Crippen LogP contribution < -0.4 is 11.4 Å². The van der Waals surface area contributed by atoms with E-state index >= 15 is 0 Å². The monoisotopic (exact) mass is 407 g/mol. The van der Waals surface area contributed by atoms with E-state index in [1.807, 2.05) is 0 Å². The molecule has 0 amide bonds. The van der Waals surface area contributed by atoms with E-state index in [0.29, 0.717) is 0 Å². The molecule has 9 nitrogen and oxygen atoms in total. The number of ether oxygens (including phenoxy) is 3. The number of esters is 2. The van der Waals surface area contributed by atoms with Gasteiger partial charge < -0.3 is 19.9 Å². The van der Waals surface area contributed by atoms with Gasteiger partial charge in [-0.1, -0.05) is 15.9 Å². The van der Waals surface area contributed by atoms with E-state index in [1.165, 1.54) is 13.8 Å². The fourth-order valence-corrected chi connectivity index (χ4v) is 3.05. The Kier molecular flexibility index (Phi) is 5.54. The van der Waals surface area contributed by atoms with E-state index in [2.05, 4.69) is 20.9 Å². The van der Waals surface area contributed by atoms with Crippen molar-refractivity contribution >= 4 is 33.7 Å². The van der Waals surface area contributed by atoms with Gasteiger partial charge in [0, 0.05) is 13.8 Å². The third kappa shape index (κ3) is 3.90. The van der Waals surface area contributed by atoms with E-state index in [4.69, 9.17) is 19.9 Å². The molecule has 0 radical (unpaired) electrons. The number of carbonyl (C=O) groups excluding carboxylic acids is 2. The van der Waals surface area contributed by atoms with Crippen LogP contribution in [-0.2, 0) is 23.8 Å². The van der Waals surface area contributed by atoms with Crippen molar-refractivity contribution in [1.82, 2.24) is 9.55 Å². The Hall–Kier alpha value is -2.01. The third-order valence-electron chi connectivity index (χ3n) is 3.23. The van der Waals surface area contributed by atoms with Gasteiger partial charge in [0.25, 0.3) is 0 Å². The summed E-state index contributed by atoms with van der Waals surface area (Å²) >= 11 is 3.28. The molecule has 11 heteroatoms. The molecule has 1 aromatic rings. The number of nitrogens with zero attached hydrogens (tertiary/aromatic N) is 2. The molecule has 1 aromatic heterocycles. The van der Waals surface area contributed by atoms with Crippen molar-refractivity contribution in [2.75, 3.05) is 12.3 Å². The van der Waals surface area contributed by atoms with Gasteiger partial charge in [0.05, 0.1) is 11.0 Å². The van der Waals surface area contributed by atoms with E-state index in [1.54, 1.807) is 0 Å². The summed E-state index contributed by atoms with van der Waals surface area (Å²) in [6, 6.07) is 0. The molecule has 0 aromatic carbocycles. The molecule has 2 N–H and O–H groups in total. The van der Waals surface area contributed by atoms with Crippen LogP contribution in [0, 0.1) is 5.82 Å². The zero-order valence-corrected chi connectivity index (χ0v) is 14.4. The Labute approximate surface area is 144 Å². The van der Waals surface area contributed by atoms with Gasteiger partial charge in [-0.05, 0) is 0 Å². The topological polar surface area (TPSA) is 123 Å². The summed E-state index contributed by atoms with van der Waals surface area (Å²) < 4.78 is 30.2. The molecule has 0 bridgehead atoms. The highest BCUT2D eigenvalue weighted by atomic mass is 79.9. The van der Waals surface area contributed by atoms with Crippen LogP contribution >= 0.6 is 15.9 Å². The number of halogens is 2. The molecule has 4 atom stereocenters. The highest BCUT2D eigenvalue weighted by Crippen LogP contribution is 2.36. The smallest absolute Gasteiger partial charge is 0.351 e. The first-order chi connectivity index (χ1) is 11.2. The molecule has 1 aliphatic rings. The molecule has 1 saturated heterocycles. The standard InChI is InChI=1S/C13H15BrFN3O6/c1-5(19)22-4-8-10(23-6(2)20)9(14)12(24-8)18-3-7(15)11(16)17-13(18)21/h3,8-10,12H,4H2,1-2H3,(H2,16,17,21)/t8?,9?,10-,12?/m1/s1. The Morgan fingerprint density at radius 2 is 2.12 bits per heavy atom. The number of rotatable bonds is 4. The predicted octanol–water partition coefficient (Wildman–Crippen LogP) is 0.120. The lowest BCUT2D eigenvalue weighted by Gasteiger charge is -2.19. The van der Waals surface area contributed by atoms with Crippen LogP contribution in [0.15, 0.2) is 11.0 Å². The second-order valence-electron chi connectivity index (χ2n) is 5.05. The molecule has 2 rings (SSSR count). The van der Waals surface area contributed by atoms with Crippen LogP contribution in [0.4, 0.5) is 10.2 Å². The molecule has 1 aliphatic heterocycles. The number of alkyl halides is 1. The molecule has 0 aliphatic carbocycles. The van der Waals surface area contributed by atoms with Crippen molar-refractivity contribution in [3.63, 3.8) is 0 Å². The summed E-state index contributed by atoms with van der Waals surface area (Å²) in [7, 11) is 0. The number of aromatic nitrogens is 2. The van der Waals surface area contributed by atoms with Gasteiger partial charge >= 0.3 is 17.6 Å². The van der Waals surface area contributed by atoms with Gasteiger partial charge in [-0.15, -0.1) is 0 Å². The van der Waals surface area contributed by atoms with E-state index in [9.17, 15) is 18.8 Å². The summed E-state index contributed by atoms with van der Waals surface area (Å²) in [4.78, 5) is 36.8. The summed E-state index contributed by atoms with van der Waals surface area (Å²) in [6.45, 7) is 2.21. The molecule has 24 heavy (non-hydrogen) atoms. The van der Waals surface area contributed by atoms with Gasteiger partial charge in [-0.2, -0.15) is 4.98 Å². The molecule has 132 valence electrons. The van der Waals surface area contributed by atoms with Gasteiger partial charge in [-0.3, -0.25) is 14.2 Å². The number of hydrogen-bond acceptors (Lipinski definition) is 8. The molecular formula is C13H15BrFN3O6. The third-order valence-corrected chi connectivity index (χ3v) is 4.20. The Morgan fingerprint density at radius 3 is 2.71 bits per heavy atom. The molecule has 1 fully saturated rings. The average Bonchev–Trinajstić information content (AvgIpc) is 2.77. The first kappa shape index (κ1) is 18.3. The number of nitrogens with two attached hydrogens (primary N) is 1. The fraction of sp³-hybridized carbons (Fsp3) is 0.538. The second-order valence-corrected chi connectivity index (χ2v) is 6.11. The molecule has 0 saturated carbocycles. The summed E-state index contributed by atoms with van der Waals surface area (Å²) in [5.74, 6) is -2.57. The molecule has 3 unspecified atom stereocenters. The first-order valence-electron chi connectivity index (χ1n) is 6.85. The summed E-state index contributed by atoms with van der Waals surface area (Å²) in [5, 5.41) is 0. The van der Waals surface area contributed by atoms with Crippen LogP contribution in [0.5, 0.6) is 0 Å².